The minimum Gasteiger partial charge on any atom is -0.478 e. The molecule has 7 nitrogen and oxygen atoms in total. The van der Waals surface area contributed by atoms with Gasteiger partial charge in [0.1, 0.15) is 0 Å². The third-order valence-corrected chi connectivity index (χ3v) is 7.47. The molecule has 0 bridgehead atoms. The topological polar surface area (TPSA) is 87.5 Å². The van der Waals surface area contributed by atoms with Crippen LogP contribution < -0.4 is 15.8 Å². The number of benzene rings is 2. The van der Waals surface area contributed by atoms with Gasteiger partial charge in [0.15, 0.2) is 0 Å². The molecule has 0 radical (unpaired) electrons. The first-order chi connectivity index (χ1) is 16.6. The van der Waals surface area contributed by atoms with Crippen molar-refractivity contribution in [2.45, 2.75) is 72.9 Å². The van der Waals surface area contributed by atoms with Crippen LogP contribution in [0.5, 0.6) is 0 Å². The quantitative estimate of drug-likeness (QED) is 0.429. The van der Waals surface area contributed by atoms with Crippen molar-refractivity contribution >= 4 is 28.5 Å². The number of carboxylic acid groups (broad SMARTS) is 1. The third-order valence-electron chi connectivity index (χ3n) is 7.47. The van der Waals surface area contributed by atoms with E-state index in [4.69, 9.17) is 4.98 Å². The fourth-order valence-electron chi connectivity index (χ4n) is 5.10. The number of piperidine rings is 1. The molecule has 36 heavy (non-hydrogen) atoms. The fourth-order valence-corrected chi connectivity index (χ4v) is 5.10. The molecule has 1 atom stereocenters. The van der Waals surface area contributed by atoms with Crippen LogP contribution in [0.3, 0.4) is 0 Å². The zero-order valence-corrected chi connectivity index (χ0v) is 21.0. The van der Waals surface area contributed by atoms with Crippen LogP contribution in [0.4, 0.5) is 11.6 Å². The van der Waals surface area contributed by atoms with Crippen LogP contribution >= 0.6 is 0 Å². The van der Waals surface area contributed by atoms with Crippen LogP contribution in [0, 0.1) is 12.3 Å². The summed E-state index contributed by atoms with van der Waals surface area (Å²) in [5, 5.41) is 13.6. The van der Waals surface area contributed by atoms with Crippen LogP contribution in [-0.2, 0) is 0 Å². The standard InChI is InChI=1S/C28H34N4O3.CH4/c1-17-15-21(18(2)29-23-8-6-5-7-20(23)26(34)35)24-22(16-17)25(33)32(19-9-10-19)27(30-24)31-13-11-28(3,4)12-14-31;/h5-8,15-16,18-19,29H,9-14H2,1-4H3,(H,34,35);1H4. The first kappa shape index (κ1) is 25.7. The van der Waals surface area contributed by atoms with Crippen LogP contribution in [0.2, 0.25) is 0 Å². The molecule has 1 saturated carbocycles. The maximum Gasteiger partial charge on any atom is 0.337 e. The second-order valence-electron chi connectivity index (χ2n) is 10.9. The normalized spacial score (nSPS) is 17.9. The molecule has 1 aliphatic carbocycles. The van der Waals surface area contributed by atoms with Gasteiger partial charge in [0.2, 0.25) is 5.95 Å². The number of nitrogens with zero attached hydrogens (tertiary/aromatic N) is 3. The van der Waals surface area contributed by atoms with E-state index in [0.29, 0.717) is 22.0 Å². The van der Waals surface area contributed by atoms with Gasteiger partial charge in [-0.1, -0.05) is 39.5 Å². The Hall–Kier alpha value is -3.35. The lowest BCUT2D eigenvalue weighted by atomic mass is 9.83. The van der Waals surface area contributed by atoms with Gasteiger partial charge in [0, 0.05) is 30.4 Å². The summed E-state index contributed by atoms with van der Waals surface area (Å²) in [5.74, 6) is -0.195. The summed E-state index contributed by atoms with van der Waals surface area (Å²) in [4.78, 5) is 33.0. The van der Waals surface area contributed by atoms with E-state index < -0.39 is 5.97 Å². The first-order valence-corrected chi connectivity index (χ1v) is 12.6. The molecule has 0 amide bonds. The predicted octanol–water partition coefficient (Wildman–Crippen LogP) is 6.17. The molecule has 2 aliphatic rings. The Labute approximate surface area is 213 Å². The van der Waals surface area contributed by atoms with E-state index in [2.05, 4.69) is 30.1 Å². The summed E-state index contributed by atoms with van der Waals surface area (Å²) in [6.07, 6.45) is 4.16. The maximum atomic E-state index is 13.8. The van der Waals surface area contributed by atoms with Crippen LogP contribution in [0.25, 0.3) is 10.9 Å². The third kappa shape index (κ3) is 4.84. The molecule has 192 valence electrons. The van der Waals surface area contributed by atoms with Gasteiger partial charge in [-0.2, -0.15) is 0 Å². The number of hydrogen-bond acceptors (Lipinski definition) is 5. The molecule has 3 aromatic rings. The van der Waals surface area contributed by atoms with Crippen LogP contribution in [0.1, 0.15) is 87.4 Å². The zero-order valence-electron chi connectivity index (χ0n) is 21.0. The van der Waals surface area contributed by atoms with Crippen molar-refractivity contribution in [2.24, 2.45) is 5.41 Å². The number of fused-ring (bicyclic) bond motifs is 1. The Morgan fingerprint density at radius 3 is 2.47 bits per heavy atom. The number of anilines is 2. The Morgan fingerprint density at radius 1 is 1.17 bits per heavy atom. The predicted molar refractivity (Wildman–Crippen MR) is 146 cm³/mol. The molecule has 2 N–H and O–H groups in total. The van der Waals surface area contributed by atoms with Gasteiger partial charge in [-0.25, -0.2) is 9.78 Å². The van der Waals surface area contributed by atoms with E-state index >= 15 is 0 Å². The van der Waals surface area contributed by atoms with Gasteiger partial charge in [-0.15, -0.1) is 0 Å². The van der Waals surface area contributed by atoms with Crippen molar-refractivity contribution in [3.8, 4) is 0 Å². The van der Waals surface area contributed by atoms with E-state index in [9.17, 15) is 14.7 Å². The second-order valence-corrected chi connectivity index (χ2v) is 10.9. The van der Waals surface area contributed by atoms with Crippen molar-refractivity contribution in [2.75, 3.05) is 23.3 Å². The summed E-state index contributed by atoms with van der Waals surface area (Å²) in [7, 11) is 0. The highest BCUT2D eigenvalue weighted by Gasteiger charge is 2.33. The van der Waals surface area contributed by atoms with Gasteiger partial charge in [0.05, 0.1) is 22.5 Å². The number of rotatable bonds is 6. The van der Waals surface area contributed by atoms with E-state index in [0.717, 1.165) is 55.8 Å². The zero-order chi connectivity index (χ0) is 24.9. The highest BCUT2D eigenvalue weighted by Crippen LogP contribution is 2.39. The molecule has 1 aliphatic heterocycles. The first-order valence-electron chi connectivity index (χ1n) is 12.6. The fraction of sp³-hybridized carbons (Fsp3) is 0.483. The monoisotopic (exact) mass is 490 g/mol. The number of nitrogens with one attached hydrogen (secondary N) is 1. The van der Waals surface area contributed by atoms with Gasteiger partial charge in [-0.3, -0.25) is 9.36 Å². The average Bonchev–Trinajstić information content (AvgIpc) is 3.64. The lowest BCUT2D eigenvalue weighted by Crippen LogP contribution is -2.41. The highest BCUT2D eigenvalue weighted by molar-refractivity contribution is 5.94. The lowest BCUT2D eigenvalue weighted by Gasteiger charge is -2.38. The summed E-state index contributed by atoms with van der Waals surface area (Å²) in [5.41, 5.74) is 3.69. The van der Waals surface area contributed by atoms with Crippen molar-refractivity contribution in [3.63, 3.8) is 0 Å². The molecule has 2 heterocycles. The average molecular weight is 491 g/mol. The molecule has 2 fully saturated rings. The number of carboxylic acids is 1. The number of aromatic nitrogens is 2. The SMILES string of the molecule is C.Cc1cc(C(C)Nc2ccccc2C(=O)O)c2nc(N3CCC(C)(C)CC3)n(C3CC3)c(=O)c2c1. The van der Waals surface area contributed by atoms with E-state index in [1.807, 2.05) is 30.5 Å². The smallest absolute Gasteiger partial charge is 0.337 e. The van der Waals surface area contributed by atoms with Gasteiger partial charge in [0.25, 0.3) is 5.56 Å². The molecule has 7 heteroatoms. The summed E-state index contributed by atoms with van der Waals surface area (Å²) >= 11 is 0. The number of aryl methyl sites for hydroxylation is 1. The summed E-state index contributed by atoms with van der Waals surface area (Å²) in [6.45, 7) is 10.4. The second kappa shape index (κ2) is 9.60. The largest absolute Gasteiger partial charge is 0.478 e. The minimum absolute atomic E-state index is 0. The van der Waals surface area contributed by atoms with Crippen molar-refractivity contribution in [1.29, 1.82) is 0 Å². The molecule has 1 saturated heterocycles. The van der Waals surface area contributed by atoms with Crippen molar-refractivity contribution < 1.29 is 9.90 Å². The lowest BCUT2D eigenvalue weighted by molar-refractivity contribution is 0.0698. The number of para-hydroxylation sites is 1. The molecule has 1 aromatic heterocycles. The van der Waals surface area contributed by atoms with E-state index in [1.54, 1.807) is 18.2 Å². The molecular formula is C29H38N4O3. The van der Waals surface area contributed by atoms with Crippen LogP contribution in [-0.4, -0.2) is 33.7 Å². The Kier molecular flexibility index (Phi) is 6.86. The van der Waals surface area contributed by atoms with Gasteiger partial charge < -0.3 is 15.3 Å². The van der Waals surface area contributed by atoms with Crippen molar-refractivity contribution in [1.82, 2.24) is 9.55 Å². The molecule has 5 rings (SSSR count). The molecule has 1 unspecified atom stereocenters. The molecule has 2 aromatic carbocycles. The maximum absolute atomic E-state index is 13.8. The Balaban J connectivity index is 0.00000304. The van der Waals surface area contributed by atoms with E-state index in [-0.39, 0.29) is 30.6 Å². The van der Waals surface area contributed by atoms with E-state index in [1.165, 1.54) is 0 Å². The minimum atomic E-state index is -0.977. The number of hydrogen-bond donors (Lipinski definition) is 2. The van der Waals surface area contributed by atoms with Gasteiger partial charge in [-0.05, 0) is 68.7 Å². The Bertz CT molecular complexity index is 1350. The molecular weight excluding hydrogens is 452 g/mol. The molecule has 0 spiro atoms. The van der Waals surface area contributed by atoms with Gasteiger partial charge >= 0.3 is 5.97 Å². The summed E-state index contributed by atoms with van der Waals surface area (Å²) in [6, 6.07) is 10.9. The number of carbonyl (C=O) groups is 1. The summed E-state index contributed by atoms with van der Waals surface area (Å²) < 4.78 is 1.93. The van der Waals surface area contributed by atoms with Crippen molar-refractivity contribution in [3.05, 3.63) is 63.4 Å². The van der Waals surface area contributed by atoms with Crippen LogP contribution in [0.15, 0.2) is 41.2 Å². The highest BCUT2D eigenvalue weighted by atomic mass is 16.4. The Morgan fingerprint density at radius 2 is 1.83 bits per heavy atom. The number of aromatic carboxylic acids is 1.